The highest BCUT2D eigenvalue weighted by Gasteiger charge is 2.18. The van der Waals surface area contributed by atoms with E-state index in [1.165, 1.54) is 7.11 Å². The Labute approximate surface area is 163 Å². The van der Waals surface area contributed by atoms with Gasteiger partial charge in [-0.2, -0.15) is 15.0 Å². The first-order chi connectivity index (χ1) is 13.6. The van der Waals surface area contributed by atoms with Crippen molar-refractivity contribution in [1.29, 1.82) is 0 Å². The maximum Gasteiger partial charge on any atom is 0.321 e. The minimum atomic E-state index is -3.56. The summed E-state index contributed by atoms with van der Waals surface area (Å²) in [5.74, 6) is 1.16. The minimum absolute atomic E-state index is 0.0406. The first kappa shape index (κ1) is 20.2. The van der Waals surface area contributed by atoms with Gasteiger partial charge in [0.15, 0.2) is 5.82 Å². The highest BCUT2D eigenvalue weighted by atomic mass is 32.2. The van der Waals surface area contributed by atoms with Crippen LogP contribution in [0, 0.1) is 0 Å². The monoisotopic (exact) mass is 409 g/mol. The van der Waals surface area contributed by atoms with Crippen molar-refractivity contribution >= 4 is 16.0 Å². The van der Waals surface area contributed by atoms with Crippen LogP contribution in [0.3, 0.4) is 0 Å². The second kappa shape index (κ2) is 9.62. The Hall–Kier alpha value is -2.50. The molecule has 2 heterocycles. The van der Waals surface area contributed by atoms with Crippen LogP contribution in [-0.2, 0) is 21.3 Å². The summed E-state index contributed by atoms with van der Waals surface area (Å²) in [5, 5.41) is 0. The predicted molar refractivity (Wildman–Crippen MR) is 102 cm³/mol. The summed E-state index contributed by atoms with van der Waals surface area (Å²) in [7, 11) is -2.11. The molecule has 0 aliphatic carbocycles. The summed E-state index contributed by atoms with van der Waals surface area (Å²) in [4.78, 5) is 14.6. The molecule has 1 aliphatic heterocycles. The van der Waals surface area contributed by atoms with E-state index in [4.69, 9.17) is 14.2 Å². The summed E-state index contributed by atoms with van der Waals surface area (Å²) in [6.45, 7) is 2.43. The van der Waals surface area contributed by atoms with Gasteiger partial charge in [0, 0.05) is 13.1 Å². The van der Waals surface area contributed by atoms with E-state index in [1.54, 1.807) is 12.1 Å². The molecule has 3 rings (SSSR count). The third-order valence-electron chi connectivity index (χ3n) is 3.94. The average molecular weight is 409 g/mol. The first-order valence-corrected chi connectivity index (χ1v) is 10.5. The van der Waals surface area contributed by atoms with Gasteiger partial charge in [-0.05, 0) is 12.1 Å². The van der Waals surface area contributed by atoms with Crippen molar-refractivity contribution in [3.05, 3.63) is 36.2 Å². The molecular formula is C17H23N5O5S. The van der Waals surface area contributed by atoms with Crippen LogP contribution in [0.2, 0.25) is 0 Å². The van der Waals surface area contributed by atoms with E-state index < -0.39 is 10.0 Å². The lowest BCUT2D eigenvalue weighted by atomic mass is 10.3. The summed E-state index contributed by atoms with van der Waals surface area (Å²) >= 11 is 0. The zero-order valence-corrected chi connectivity index (χ0v) is 16.4. The fourth-order valence-corrected chi connectivity index (χ4v) is 3.29. The summed E-state index contributed by atoms with van der Waals surface area (Å²) in [6, 6.07) is 9.18. The van der Waals surface area contributed by atoms with Crippen molar-refractivity contribution in [3.63, 3.8) is 0 Å². The fraction of sp³-hybridized carbons (Fsp3) is 0.471. The van der Waals surface area contributed by atoms with Crippen LogP contribution in [-0.4, -0.2) is 69.1 Å². The Kier molecular flexibility index (Phi) is 6.95. The fourth-order valence-electron chi connectivity index (χ4n) is 2.49. The Bertz CT molecular complexity index is 859. The lowest BCUT2D eigenvalue weighted by Gasteiger charge is -2.26. The number of anilines is 1. The normalized spacial score (nSPS) is 14.7. The molecule has 1 aromatic carbocycles. The van der Waals surface area contributed by atoms with Gasteiger partial charge in [-0.1, -0.05) is 18.2 Å². The molecule has 1 saturated heterocycles. The van der Waals surface area contributed by atoms with E-state index in [-0.39, 0.29) is 30.7 Å². The van der Waals surface area contributed by atoms with E-state index in [2.05, 4.69) is 19.7 Å². The number of methoxy groups -OCH3 is 1. The van der Waals surface area contributed by atoms with Gasteiger partial charge in [0.25, 0.3) is 0 Å². The molecule has 1 N–H and O–H groups in total. The summed E-state index contributed by atoms with van der Waals surface area (Å²) in [6.07, 6.45) is 0. The van der Waals surface area contributed by atoms with Gasteiger partial charge < -0.3 is 19.1 Å². The number of nitrogens with one attached hydrogen (secondary N) is 1. The van der Waals surface area contributed by atoms with Gasteiger partial charge in [0.05, 0.1) is 32.6 Å². The molecule has 11 heteroatoms. The van der Waals surface area contributed by atoms with Crippen LogP contribution in [0.1, 0.15) is 5.82 Å². The minimum Gasteiger partial charge on any atom is -0.492 e. The zero-order chi connectivity index (χ0) is 19.8. The number of rotatable bonds is 9. The summed E-state index contributed by atoms with van der Waals surface area (Å²) < 4.78 is 42.8. The Morgan fingerprint density at radius 2 is 1.89 bits per heavy atom. The number of sulfonamides is 1. The quantitative estimate of drug-likeness (QED) is 0.620. The number of hydrogen-bond donors (Lipinski definition) is 1. The SMILES string of the molecule is COc1nc(CNS(=O)(=O)CCOc2ccccc2)nc(N2CCOCC2)n1. The molecular weight excluding hydrogens is 386 g/mol. The lowest BCUT2D eigenvalue weighted by Crippen LogP contribution is -2.38. The molecule has 1 fully saturated rings. The molecule has 0 saturated carbocycles. The standard InChI is InChI=1S/C17H23N5O5S/c1-25-17-20-15(19-16(21-17)22-7-9-26-10-8-22)13-18-28(23,24)12-11-27-14-5-3-2-4-6-14/h2-6,18H,7-13H2,1H3. The van der Waals surface area contributed by atoms with Crippen molar-refractivity contribution in [2.24, 2.45) is 0 Å². The maximum absolute atomic E-state index is 12.2. The highest BCUT2D eigenvalue weighted by molar-refractivity contribution is 7.89. The van der Waals surface area contributed by atoms with Crippen molar-refractivity contribution in [1.82, 2.24) is 19.7 Å². The topological polar surface area (TPSA) is 116 Å². The highest BCUT2D eigenvalue weighted by Crippen LogP contribution is 2.14. The number of ether oxygens (including phenoxy) is 3. The molecule has 0 atom stereocenters. The van der Waals surface area contributed by atoms with Gasteiger partial charge in [-0.25, -0.2) is 13.1 Å². The third kappa shape index (κ3) is 6.01. The predicted octanol–water partition coefficient (Wildman–Crippen LogP) is 0.215. The Morgan fingerprint density at radius 3 is 2.61 bits per heavy atom. The molecule has 10 nitrogen and oxygen atoms in total. The van der Waals surface area contributed by atoms with Gasteiger partial charge in [0.1, 0.15) is 12.4 Å². The average Bonchev–Trinajstić information content (AvgIpc) is 2.73. The molecule has 0 unspecified atom stereocenters. The van der Waals surface area contributed by atoms with E-state index in [9.17, 15) is 8.42 Å². The van der Waals surface area contributed by atoms with Crippen LogP contribution in [0.5, 0.6) is 11.8 Å². The van der Waals surface area contributed by atoms with Crippen LogP contribution < -0.4 is 19.1 Å². The van der Waals surface area contributed by atoms with E-state index in [0.717, 1.165) is 0 Å². The van der Waals surface area contributed by atoms with Crippen LogP contribution in [0.25, 0.3) is 0 Å². The van der Waals surface area contributed by atoms with Gasteiger partial charge in [0.2, 0.25) is 16.0 Å². The van der Waals surface area contributed by atoms with Gasteiger partial charge in [-0.3, -0.25) is 0 Å². The Morgan fingerprint density at radius 1 is 1.14 bits per heavy atom. The molecule has 0 bridgehead atoms. The van der Waals surface area contributed by atoms with Crippen molar-refractivity contribution in [3.8, 4) is 11.8 Å². The third-order valence-corrected chi connectivity index (χ3v) is 5.23. The largest absolute Gasteiger partial charge is 0.492 e. The van der Waals surface area contributed by atoms with Crippen molar-refractivity contribution < 1.29 is 22.6 Å². The van der Waals surface area contributed by atoms with Crippen LogP contribution in [0.4, 0.5) is 5.95 Å². The number of morpholine rings is 1. The number of hydrogen-bond acceptors (Lipinski definition) is 9. The first-order valence-electron chi connectivity index (χ1n) is 8.82. The second-order valence-electron chi connectivity index (χ2n) is 5.94. The molecule has 152 valence electrons. The number of aromatic nitrogens is 3. The molecule has 28 heavy (non-hydrogen) atoms. The molecule has 1 aromatic heterocycles. The second-order valence-corrected chi connectivity index (χ2v) is 7.87. The molecule has 2 aromatic rings. The summed E-state index contributed by atoms with van der Waals surface area (Å²) in [5.41, 5.74) is 0. The number of nitrogens with zero attached hydrogens (tertiary/aromatic N) is 4. The van der Waals surface area contributed by atoms with Crippen molar-refractivity contribution in [2.75, 3.05) is 50.7 Å². The maximum atomic E-state index is 12.2. The van der Waals surface area contributed by atoms with Crippen LogP contribution >= 0.6 is 0 Å². The number of para-hydroxylation sites is 1. The number of benzene rings is 1. The van der Waals surface area contributed by atoms with Gasteiger partial charge in [-0.15, -0.1) is 0 Å². The molecule has 1 aliphatic rings. The van der Waals surface area contributed by atoms with E-state index >= 15 is 0 Å². The van der Waals surface area contributed by atoms with E-state index in [0.29, 0.717) is 38.0 Å². The smallest absolute Gasteiger partial charge is 0.321 e. The molecule has 0 amide bonds. The van der Waals surface area contributed by atoms with Crippen molar-refractivity contribution in [2.45, 2.75) is 6.54 Å². The van der Waals surface area contributed by atoms with E-state index in [1.807, 2.05) is 23.1 Å². The zero-order valence-electron chi connectivity index (χ0n) is 15.6. The Balaban J connectivity index is 1.57. The lowest BCUT2D eigenvalue weighted by molar-refractivity contribution is 0.122. The molecule has 0 spiro atoms. The molecule has 0 radical (unpaired) electrons. The van der Waals surface area contributed by atoms with Gasteiger partial charge >= 0.3 is 6.01 Å². The van der Waals surface area contributed by atoms with Crippen LogP contribution in [0.15, 0.2) is 30.3 Å².